The van der Waals surface area contributed by atoms with Gasteiger partial charge in [-0.05, 0) is 43.4 Å². The number of likely N-dealkylation sites (tertiary alicyclic amines) is 1. The molecule has 2 heterocycles. The van der Waals surface area contributed by atoms with Crippen LogP contribution in [0.3, 0.4) is 0 Å². The molecule has 0 radical (unpaired) electrons. The number of nitrogens with two attached hydrogens (primary N) is 1. The van der Waals surface area contributed by atoms with Gasteiger partial charge in [0.05, 0.1) is 5.69 Å². The first-order valence-electron chi connectivity index (χ1n) is 7.71. The average Bonchev–Trinajstić information content (AvgIpc) is 2.75. The smallest absolute Gasteiger partial charge is 0.324 e. The number of rotatable bonds is 0. The van der Waals surface area contributed by atoms with Crippen LogP contribution in [0.5, 0.6) is 0 Å². The number of fused-ring (bicyclic) bond motifs is 1. The molecule has 108 valence electrons. The summed E-state index contributed by atoms with van der Waals surface area (Å²) < 4.78 is 0. The number of hydrogen-bond acceptors (Lipinski definition) is 2. The molecule has 20 heavy (non-hydrogen) atoms. The fourth-order valence-electron chi connectivity index (χ4n) is 3.28. The van der Waals surface area contributed by atoms with E-state index in [0.717, 1.165) is 62.3 Å². The van der Waals surface area contributed by atoms with Crippen molar-refractivity contribution in [2.75, 3.05) is 30.3 Å². The number of nitrogens with zero attached hydrogens (tertiary/aromatic N) is 2. The molecular weight excluding hydrogens is 250 g/mol. The molecule has 2 aliphatic rings. The van der Waals surface area contributed by atoms with Gasteiger partial charge in [0.1, 0.15) is 0 Å². The molecule has 2 aliphatic heterocycles. The Labute approximate surface area is 120 Å². The molecular formula is C16H23N3O. The quantitative estimate of drug-likeness (QED) is 0.739. The Morgan fingerprint density at radius 3 is 2.50 bits per heavy atom. The highest BCUT2D eigenvalue weighted by molar-refractivity contribution is 5.94. The third kappa shape index (κ3) is 2.47. The molecule has 0 saturated carbocycles. The Kier molecular flexibility index (Phi) is 3.81. The second-order valence-corrected chi connectivity index (χ2v) is 5.78. The zero-order valence-electron chi connectivity index (χ0n) is 12.0. The molecule has 1 aromatic carbocycles. The van der Waals surface area contributed by atoms with Crippen LogP contribution in [0.15, 0.2) is 18.2 Å². The van der Waals surface area contributed by atoms with Crippen molar-refractivity contribution >= 4 is 17.4 Å². The topological polar surface area (TPSA) is 49.6 Å². The van der Waals surface area contributed by atoms with Crippen molar-refractivity contribution in [2.24, 2.45) is 0 Å². The van der Waals surface area contributed by atoms with Crippen LogP contribution in [-0.2, 0) is 6.42 Å². The number of benzene rings is 1. The van der Waals surface area contributed by atoms with Gasteiger partial charge in [0.15, 0.2) is 0 Å². The molecule has 1 fully saturated rings. The Morgan fingerprint density at radius 1 is 1.00 bits per heavy atom. The summed E-state index contributed by atoms with van der Waals surface area (Å²) in [4.78, 5) is 16.7. The summed E-state index contributed by atoms with van der Waals surface area (Å²) in [5, 5.41) is 0. The van der Waals surface area contributed by atoms with E-state index in [1.807, 2.05) is 28.0 Å². The highest BCUT2D eigenvalue weighted by Gasteiger charge is 2.27. The molecule has 0 aliphatic carbocycles. The van der Waals surface area contributed by atoms with E-state index in [9.17, 15) is 4.79 Å². The summed E-state index contributed by atoms with van der Waals surface area (Å²) >= 11 is 0. The number of carbonyl (C=O) groups is 1. The lowest BCUT2D eigenvalue weighted by molar-refractivity contribution is 0.206. The number of carbonyl (C=O) groups excluding carboxylic acids is 1. The van der Waals surface area contributed by atoms with Crippen LogP contribution in [0.1, 0.15) is 37.7 Å². The van der Waals surface area contributed by atoms with E-state index >= 15 is 0 Å². The molecule has 0 aromatic heterocycles. The number of anilines is 2. The van der Waals surface area contributed by atoms with Gasteiger partial charge in [0, 0.05) is 25.3 Å². The monoisotopic (exact) mass is 273 g/mol. The van der Waals surface area contributed by atoms with E-state index in [2.05, 4.69) is 0 Å². The molecule has 4 heteroatoms. The van der Waals surface area contributed by atoms with Gasteiger partial charge < -0.3 is 10.6 Å². The SMILES string of the molecule is Nc1cccc2c1CCCN2C(=O)N1CCCCCC1. The summed E-state index contributed by atoms with van der Waals surface area (Å²) in [7, 11) is 0. The van der Waals surface area contributed by atoms with Crippen LogP contribution in [0, 0.1) is 0 Å². The second-order valence-electron chi connectivity index (χ2n) is 5.78. The maximum atomic E-state index is 12.8. The van der Waals surface area contributed by atoms with Gasteiger partial charge in [-0.3, -0.25) is 4.90 Å². The summed E-state index contributed by atoms with van der Waals surface area (Å²) in [6, 6.07) is 6.07. The van der Waals surface area contributed by atoms with E-state index in [1.165, 1.54) is 12.8 Å². The minimum absolute atomic E-state index is 0.165. The average molecular weight is 273 g/mol. The highest BCUT2D eigenvalue weighted by Crippen LogP contribution is 2.32. The van der Waals surface area contributed by atoms with E-state index in [-0.39, 0.29) is 6.03 Å². The summed E-state index contributed by atoms with van der Waals surface area (Å²) in [5.41, 5.74) is 9.03. The lowest BCUT2D eigenvalue weighted by atomic mass is 10.0. The fourth-order valence-corrected chi connectivity index (χ4v) is 3.28. The van der Waals surface area contributed by atoms with Crippen LogP contribution in [0.2, 0.25) is 0 Å². The van der Waals surface area contributed by atoms with Gasteiger partial charge >= 0.3 is 6.03 Å². The number of urea groups is 1. The normalized spacial score (nSPS) is 19.4. The second kappa shape index (κ2) is 5.73. The predicted octanol–water partition coefficient (Wildman–Crippen LogP) is 3.02. The van der Waals surface area contributed by atoms with Gasteiger partial charge in [0.2, 0.25) is 0 Å². The Balaban J connectivity index is 1.84. The van der Waals surface area contributed by atoms with Crippen LogP contribution >= 0.6 is 0 Å². The molecule has 1 saturated heterocycles. The predicted molar refractivity (Wildman–Crippen MR) is 82.0 cm³/mol. The van der Waals surface area contributed by atoms with Crippen LogP contribution in [0.4, 0.5) is 16.2 Å². The van der Waals surface area contributed by atoms with Crippen LogP contribution in [-0.4, -0.2) is 30.6 Å². The minimum atomic E-state index is 0.165. The van der Waals surface area contributed by atoms with E-state index < -0.39 is 0 Å². The number of nitrogen functional groups attached to an aromatic ring is 1. The minimum Gasteiger partial charge on any atom is -0.398 e. The van der Waals surface area contributed by atoms with Gasteiger partial charge in [-0.2, -0.15) is 0 Å². The summed E-state index contributed by atoms with van der Waals surface area (Å²) in [6.07, 6.45) is 6.72. The van der Waals surface area contributed by atoms with Gasteiger partial charge in [-0.15, -0.1) is 0 Å². The van der Waals surface area contributed by atoms with Crippen molar-refractivity contribution in [1.29, 1.82) is 0 Å². The fraction of sp³-hybridized carbons (Fsp3) is 0.562. The maximum Gasteiger partial charge on any atom is 0.324 e. The molecule has 3 rings (SSSR count). The lowest BCUT2D eigenvalue weighted by Crippen LogP contribution is -2.46. The first kappa shape index (κ1) is 13.3. The van der Waals surface area contributed by atoms with Crippen molar-refractivity contribution in [3.05, 3.63) is 23.8 Å². The van der Waals surface area contributed by atoms with E-state index in [4.69, 9.17) is 5.73 Å². The van der Waals surface area contributed by atoms with Crippen molar-refractivity contribution in [3.63, 3.8) is 0 Å². The Hall–Kier alpha value is -1.71. The van der Waals surface area contributed by atoms with Crippen LogP contribution in [0.25, 0.3) is 0 Å². The molecule has 4 nitrogen and oxygen atoms in total. The first-order chi connectivity index (χ1) is 9.77. The van der Waals surface area contributed by atoms with E-state index in [1.54, 1.807) is 0 Å². The largest absolute Gasteiger partial charge is 0.398 e. The molecule has 0 bridgehead atoms. The van der Waals surface area contributed by atoms with Crippen molar-refractivity contribution < 1.29 is 4.79 Å². The van der Waals surface area contributed by atoms with Gasteiger partial charge in [0.25, 0.3) is 0 Å². The zero-order chi connectivity index (χ0) is 13.9. The molecule has 0 atom stereocenters. The van der Waals surface area contributed by atoms with Gasteiger partial charge in [-0.1, -0.05) is 18.9 Å². The Morgan fingerprint density at radius 2 is 1.75 bits per heavy atom. The Bertz CT molecular complexity index is 492. The molecule has 2 N–H and O–H groups in total. The maximum absolute atomic E-state index is 12.8. The number of hydrogen-bond donors (Lipinski definition) is 1. The third-order valence-corrected chi connectivity index (χ3v) is 4.39. The molecule has 0 spiro atoms. The summed E-state index contributed by atoms with van der Waals surface area (Å²) in [5.74, 6) is 0. The summed E-state index contributed by atoms with van der Waals surface area (Å²) in [6.45, 7) is 2.60. The molecule has 1 aromatic rings. The zero-order valence-corrected chi connectivity index (χ0v) is 12.0. The first-order valence-corrected chi connectivity index (χ1v) is 7.71. The molecule has 2 amide bonds. The highest BCUT2D eigenvalue weighted by atomic mass is 16.2. The van der Waals surface area contributed by atoms with Crippen LogP contribution < -0.4 is 10.6 Å². The van der Waals surface area contributed by atoms with Crippen molar-refractivity contribution in [1.82, 2.24) is 4.90 Å². The third-order valence-electron chi connectivity index (χ3n) is 4.39. The lowest BCUT2D eigenvalue weighted by Gasteiger charge is -2.34. The standard InChI is InChI=1S/C16H23N3O/c17-14-8-5-9-15-13(14)7-6-12-19(15)16(20)18-10-3-1-2-4-11-18/h5,8-9H,1-4,6-7,10-12,17H2. The molecule has 0 unspecified atom stereocenters. The van der Waals surface area contributed by atoms with Gasteiger partial charge in [-0.25, -0.2) is 4.79 Å². The number of amides is 2. The van der Waals surface area contributed by atoms with Crippen molar-refractivity contribution in [2.45, 2.75) is 38.5 Å². The van der Waals surface area contributed by atoms with Crippen molar-refractivity contribution in [3.8, 4) is 0 Å². The van der Waals surface area contributed by atoms with E-state index in [0.29, 0.717) is 0 Å².